The fourth-order valence-electron chi connectivity index (χ4n) is 6.30. The number of fused-ring (bicyclic) bond motifs is 2. The maximum Gasteiger partial charge on any atom is 0.310 e. The van der Waals surface area contributed by atoms with Gasteiger partial charge in [-0.1, -0.05) is 23.4 Å². The Bertz CT molecular complexity index is 1200. The Hall–Kier alpha value is -2.92. The van der Waals surface area contributed by atoms with Crippen LogP contribution in [0.2, 0.25) is 0 Å². The first-order valence-corrected chi connectivity index (χ1v) is 13.8. The Kier molecular flexibility index (Phi) is 7.26. The van der Waals surface area contributed by atoms with E-state index in [0.29, 0.717) is 25.8 Å². The third-order valence-corrected chi connectivity index (χ3v) is 9.74. The summed E-state index contributed by atoms with van der Waals surface area (Å²) in [5.74, 6) is -1.82. The average Bonchev–Trinajstić information content (AvgIpc) is 3.64. The largest absolute Gasteiger partial charge is 0.466 e. The molecule has 5 rings (SSSR count). The van der Waals surface area contributed by atoms with E-state index in [1.54, 1.807) is 39.2 Å². The van der Waals surface area contributed by atoms with Gasteiger partial charge in [0.25, 0.3) is 0 Å². The summed E-state index contributed by atoms with van der Waals surface area (Å²) in [5.41, 5.74) is 1.54. The number of aliphatic hydroxyl groups excluding tert-OH is 1. The van der Waals surface area contributed by atoms with Gasteiger partial charge in [-0.25, -0.2) is 4.68 Å². The third-order valence-electron chi connectivity index (χ3n) is 7.79. The Labute approximate surface area is 220 Å². The van der Waals surface area contributed by atoms with E-state index in [0.717, 1.165) is 17.5 Å². The van der Waals surface area contributed by atoms with Crippen LogP contribution in [0.1, 0.15) is 32.6 Å². The highest BCUT2D eigenvalue weighted by atomic mass is 32.2. The van der Waals surface area contributed by atoms with E-state index in [9.17, 15) is 19.5 Å². The molecule has 3 aliphatic heterocycles. The van der Waals surface area contributed by atoms with Crippen molar-refractivity contribution in [1.82, 2.24) is 24.8 Å². The minimum Gasteiger partial charge on any atom is -0.466 e. The monoisotopic (exact) mass is 527 g/mol. The van der Waals surface area contributed by atoms with Crippen LogP contribution in [-0.4, -0.2) is 90.0 Å². The van der Waals surface area contributed by atoms with Crippen molar-refractivity contribution in [2.45, 2.75) is 55.3 Å². The van der Waals surface area contributed by atoms with Gasteiger partial charge in [-0.3, -0.25) is 14.4 Å². The third kappa shape index (κ3) is 4.21. The van der Waals surface area contributed by atoms with Crippen molar-refractivity contribution in [2.75, 3.05) is 26.3 Å². The Morgan fingerprint density at radius 2 is 2.16 bits per heavy atom. The Morgan fingerprint density at radius 3 is 2.92 bits per heavy atom. The number of hydrogen-bond donors (Lipinski definition) is 1. The van der Waals surface area contributed by atoms with Gasteiger partial charge >= 0.3 is 5.97 Å². The van der Waals surface area contributed by atoms with Crippen LogP contribution >= 0.6 is 11.8 Å². The number of aliphatic hydroxyl groups is 1. The molecule has 2 aromatic rings. The van der Waals surface area contributed by atoms with Crippen LogP contribution in [0.15, 0.2) is 36.9 Å². The number of hydrogen-bond acceptors (Lipinski definition) is 8. The molecule has 10 nitrogen and oxygen atoms in total. The molecule has 198 valence electrons. The van der Waals surface area contributed by atoms with Gasteiger partial charge in [0.15, 0.2) is 0 Å². The van der Waals surface area contributed by atoms with Gasteiger partial charge in [0.05, 0.1) is 28.7 Å². The maximum atomic E-state index is 14.4. The first-order valence-electron chi connectivity index (χ1n) is 12.9. The molecule has 0 radical (unpaired) electrons. The van der Waals surface area contributed by atoms with E-state index in [1.807, 2.05) is 24.3 Å². The predicted octanol–water partition coefficient (Wildman–Crippen LogP) is 1.83. The summed E-state index contributed by atoms with van der Waals surface area (Å²) in [5, 5.41) is 17.8. The highest BCUT2D eigenvalue weighted by molar-refractivity contribution is 8.02. The number of nitrogens with zero attached hydrogens (tertiary/aromatic N) is 5. The molecular weight excluding hydrogens is 494 g/mol. The van der Waals surface area contributed by atoms with Crippen LogP contribution in [0.5, 0.6) is 0 Å². The van der Waals surface area contributed by atoms with Gasteiger partial charge in [0.2, 0.25) is 11.8 Å². The molecule has 1 aromatic carbocycles. The number of rotatable bonds is 11. The average molecular weight is 528 g/mol. The van der Waals surface area contributed by atoms with Gasteiger partial charge in [-0.2, -0.15) is 0 Å². The Morgan fingerprint density at radius 1 is 1.35 bits per heavy atom. The van der Waals surface area contributed by atoms with Gasteiger partial charge < -0.3 is 19.6 Å². The van der Waals surface area contributed by atoms with E-state index in [-0.39, 0.29) is 49.5 Å². The second-order valence-electron chi connectivity index (χ2n) is 9.84. The lowest BCUT2D eigenvalue weighted by Crippen LogP contribution is -2.55. The van der Waals surface area contributed by atoms with Gasteiger partial charge in [0, 0.05) is 24.9 Å². The molecule has 0 aliphatic carbocycles. The number of thioether (sulfide) groups is 1. The van der Waals surface area contributed by atoms with Crippen molar-refractivity contribution in [1.29, 1.82) is 0 Å². The molecule has 0 saturated carbocycles. The van der Waals surface area contributed by atoms with Crippen LogP contribution in [0.3, 0.4) is 0 Å². The number of amides is 2. The number of ether oxygens (including phenoxy) is 1. The highest BCUT2D eigenvalue weighted by Gasteiger charge is 2.74. The number of benzene rings is 1. The van der Waals surface area contributed by atoms with Crippen molar-refractivity contribution in [2.24, 2.45) is 11.8 Å². The van der Waals surface area contributed by atoms with E-state index in [4.69, 9.17) is 4.74 Å². The van der Waals surface area contributed by atoms with Crippen LogP contribution in [0, 0.1) is 11.8 Å². The number of carbonyl (C=O) groups is 3. The summed E-state index contributed by atoms with van der Waals surface area (Å²) in [6, 6.07) is 6.83. The number of carbonyl (C=O) groups excluding carboxylic acids is 3. The number of para-hydroxylation sites is 1. The molecule has 1 N–H and O–H groups in total. The van der Waals surface area contributed by atoms with Crippen LogP contribution in [-0.2, 0) is 25.8 Å². The van der Waals surface area contributed by atoms with Crippen molar-refractivity contribution in [3.63, 3.8) is 0 Å². The van der Waals surface area contributed by atoms with Crippen molar-refractivity contribution in [3.8, 4) is 0 Å². The lowest BCUT2D eigenvalue weighted by molar-refractivity contribution is -0.153. The molecule has 2 amide bonds. The molecular formula is C26H33N5O5S. The lowest BCUT2D eigenvalue weighted by atomic mass is 9.71. The zero-order valence-electron chi connectivity index (χ0n) is 21.0. The zero-order chi connectivity index (χ0) is 26.2. The summed E-state index contributed by atoms with van der Waals surface area (Å²) in [7, 11) is 0. The molecule has 3 aliphatic rings. The van der Waals surface area contributed by atoms with E-state index in [1.165, 1.54) is 0 Å². The molecule has 5 atom stereocenters. The highest BCUT2D eigenvalue weighted by Crippen LogP contribution is 2.66. The standard InChI is InChI=1S/C26H33N5O5S/c1-3-13-29(16-31-18-10-6-5-9-17(18)27-28-31)24(34)22-26-12-11-19(37-26)20(25(35)36-4-2)21(26)23(33)30(22)14-7-8-15-32/h3,5-6,9-10,19-22,32H,1,4,7-8,11-16H2,2H3/t19-,20+,21-,22?,26?/m0/s1. The van der Waals surface area contributed by atoms with Crippen LogP contribution in [0.4, 0.5) is 0 Å². The van der Waals surface area contributed by atoms with E-state index >= 15 is 0 Å². The smallest absolute Gasteiger partial charge is 0.310 e. The molecule has 11 heteroatoms. The minimum absolute atomic E-state index is 0.0133. The SMILES string of the molecule is C=CCN(Cn1nnc2ccccc21)C(=O)C1N(CCCCO)C(=O)[C@@H]2[C@H](C(=O)OCC)[C@@H]3CCC12S3. The summed E-state index contributed by atoms with van der Waals surface area (Å²) in [4.78, 5) is 44.5. The van der Waals surface area contributed by atoms with Gasteiger partial charge in [-0.05, 0) is 44.7 Å². The maximum absolute atomic E-state index is 14.4. The summed E-state index contributed by atoms with van der Waals surface area (Å²) < 4.78 is 6.37. The van der Waals surface area contributed by atoms with Crippen molar-refractivity contribution >= 4 is 40.6 Å². The Balaban J connectivity index is 1.50. The number of aromatic nitrogens is 3. The number of esters is 1. The zero-order valence-corrected chi connectivity index (χ0v) is 21.8. The molecule has 37 heavy (non-hydrogen) atoms. The van der Waals surface area contributed by atoms with Crippen LogP contribution < -0.4 is 0 Å². The minimum atomic E-state index is -0.715. The molecule has 3 saturated heterocycles. The quantitative estimate of drug-likeness (QED) is 0.267. The molecule has 1 aromatic heterocycles. The fraction of sp³-hybridized carbons (Fsp3) is 0.577. The van der Waals surface area contributed by atoms with Crippen LogP contribution in [0.25, 0.3) is 11.0 Å². The second-order valence-corrected chi connectivity index (χ2v) is 11.4. The summed E-state index contributed by atoms with van der Waals surface area (Å²) in [6.45, 7) is 6.67. The first kappa shape index (κ1) is 25.7. The van der Waals surface area contributed by atoms with E-state index in [2.05, 4.69) is 16.9 Å². The number of likely N-dealkylation sites (tertiary alicyclic amines) is 1. The van der Waals surface area contributed by atoms with E-state index < -0.39 is 22.6 Å². The predicted molar refractivity (Wildman–Crippen MR) is 138 cm³/mol. The van der Waals surface area contributed by atoms with Gasteiger partial charge in [-0.15, -0.1) is 23.4 Å². The van der Waals surface area contributed by atoms with Gasteiger partial charge in [0.1, 0.15) is 18.2 Å². The summed E-state index contributed by atoms with van der Waals surface area (Å²) in [6.07, 6.45) is 4.22. The topological polar surface area (TPSA) is 118 Å². The van der Waals surface area contributed by atoms with Crippen molar-refractivity contribution < 1.29 is 24.2 Å². The normalized spacial score (nSPS) is 28.1. The molecule has 2 bridgehead atoms. The molecule has 1 spiro atoms. The number of unbranched alkanes of at least 4 members (excludes halogenated alkanes) is 1. The summed E-state index contributed by atoms with van der Waals surface area (Å²) >= 11 is 1.62. The fourth-order valence-corrected chi connectivity index (χ4v) is 8.50. The first-order chi connectivity index (χ1) is 18.0. The molecule has 4 heterocycles. The lowest BCUT2D eigenvalue weighted by Gasteiger charge is -2.37. The van der Waals surface area contributed by atoms with Crippen molar-refractivity contribution in [3.05, 3.63) is 36.9 Å². The molecule has 3 fully saturated rings. The molecule has 2 unspecified atom stereocenters. The second kappa shape index (κ2) is 10.4.